The average molecular weight is 347 g/mol. The summed E-state index contributed by atoms with van der Waals surface area (Å²) in [4.78, 5) is 27.5. The third-order valence-electron chi connectivity index (χ3n) is 5.23. The number of nitrogens with one attached hydrogen (secondary N) is 1. The number of nitrogens with two attached hydrogens (primary N) is 1. The number of anilines is 1. The standard InChI is InChI=1S/C18H25N3O2S/c1-24-14-7-4-6-13(10-14)20-17(22)11-21-15-8-3-2-5-12(15)9-16(21)18(19)23/h4,6-7,10,12,15-16H,2-3,5,8-9,11H2,1H3,(H2,19,23)(H,20,22)/t12-,15-,16+/m1/s1. The van der Waals surface area contributed by atoms with Gasteiger partial charge >= 0.3 is 0 Å². The average Bonchev–Trinajstić information content (AvgIpc) is 2.94. The lowest BCUT2D eigenvalue weighted by Crippen LogP contribution is -2.48. The van der Waals surface area contributed by atoms with Gasteiger partial charge in [-0.25, -0.2) is 0 Å². The minimum atomic E-state index is -0.304. The first-order chi connectivity index (χ1) is 11.6. The fraction of sp³-hybridized carbons (Fsp3) is 0.556. The van der Waals surface area contributed by atoms with Gasteiger partial charge in [0.05, 0.1) is 12.6 Å². The van der Waals surface area contributed by atoms with Crippen LogP contribution in [0, 0.1) is 5.92 Å². The van der Waals surface area contributed by atoms with Crippen LogP contribution >= 0.6 is 11.8 Å². The van der Waals surface area contributed by atoms with Gasteiger partial charge in [-0.3, -0.25) is 14.5 Å². The molecular weight excluding hydrogens is 322 g/mol. The smallest absolute Gasteiger partial charge is 0.238 e. The third kappa shape index (κ3) is 3.75. The van der Waals surface area contributed by atoms with Crippen molar-refractivity contribution in [2.24, 2.45) is 11.7 Å². The van der Waals surface area contributed by atoms with Crippen LogP contribution in [0.5, 0.6) is 0 Å². The molecule has 3 N–H and O–H groups in total. The van der Waals surface area contributed by atoms with Gasteiger partial charge in [0.2, 0.25) is 11.8 Å². The first-order valence-corrected chi connectivity index (χ1v) is 9.80. The van der Waals surface area contributed by atoms with Crippen LogP contribution in [0.1, 0.15) is 32.1 Å². The SMILES string of the molecule is CSc1cccc(NC(=O)CN2[C@@H]3CCCC[C@@H]3C[C@H]2C(N)=O)c1. The Kier molecular flexibility index (Phi) is 5.46. The second-order valence-electron chi connectivity index (χ2n) is 6.72. The van der Waals surface area contributed by atoms with Gasteiger partial charge in [0, 0.05) is 16.6 Å². The van der Waals surface area contributed by atoms with Crippen LogP contribution in [-0.4, -0.2) is 41.6 Å². The Balaban J connectivity index is 1.68. The molecule has 3 rings (SSSR count). The van der Waals surface area contributed by atoms with E-state index in [1.165, 1.54) is 12.8 Å². The molecule has 2 fully saturated rings. The van der Waals surface area contributed by atoms with Gasteiger partial charge in [-0.05, 0) is 49.6 Å². The van der Waals surface area contributed by atoms with Crippen LogP contribution < -0.4 is 11.1 Å². The van der Waals surface area contributed by atoms with Crippen LogP contribution in [0.3, 0.4) is 0 Å². The van der Waals surface area contributed by atoms with E-state index in [1.807, 2.05) is 35.4 Å². The van der Waals surface area contributed by atoms with Crippen molar-refractivity contribution in [2.45, 2.75) is 49.1 Å². The molecule has 130 valence electrons. The van der Waals surface area contributed by atoms with Crippen LogP contribution in [-0.2, 0) is 9.59 Å². The normalized spacial score (nSPS) is 26.8. The molecule has 1 aromatic carbocycles. The lowest BCUT2D eigenvalue weighted by atomic mass is 9.84. The number of hydrogen-bond donors (Lipinski definition) is 2. The lowest BCUT2D eigenvalue weighted by Gasteiger charge is -2.32. The highest BCUT2D eigenvalue weighted by atomic mass is 32.2. The van der Waals surface area contributed by atoms with E-state index in [0.29, 0.717) is 12.0 Å². The monoisotopic (exact) mass is 347 g/mol. The molecule has 24 heavy (non-hydrogen) atoms. The van der Waals surface area contributed by atoms with Gasteiger partial charge in [-0.2, -0.15) is 0 Å². The number of amides is 2. The zero-order valence-electron chi connectivity index (χ0n) is 14.0. The van der Waals surface area contributed by atoms with E-state index >= 15 is 0 Å². The minimum Gasteiger partial charge on any atom is -0.368 e. The minimum absolute atomic E-state index is 0.0780. The fourth-order valence-corrected chi connectivity index (χ4v) is 4.59. The second-order valence-corrected chi connectivity index (χ2v) is 7.60. The molecule has 1 aliphatic heterocycles. The fourth-order valence-electron chi connectivity index (χ4n) is 4.13. The summed E-state index contributed by atoms with van der Waals surface area (Å²) < 4.78 is 0. The maximum Gasteiger partial charge on any atom is 0.238 e. The molecular formula is C18H25N3O2S. The molecule has 0 radical (unpaired) electrons. The Bertz CT molecular complexity index is 622. The van der Waals surface area contributed by atoms with Gasteiger partial charge in [-0.1, -0.05) is 18.9 Å². The summed E-state index contributed by atoms with van der Waals surface area (Å²) in [6.07, 6.45) is 7.39. The number of nitrogens with zero attached hydrogens (tertiary/aromatic N) is 1. The molecule has 0 aromatic heterocycles. The number of fused-ring (bicyclic) bond motifs is 1. The summed E-state index contributed by atoms with van der Waals surface area (Å²) >= 11 is 1.64. The predicted octanol–water partition coefficient (Wildman–Crippen LogP) is 2.47. The third-order valence-corrected chi connectivity index (χ3v) is 5.95. The number of primary amides is 1. The molecule has 0 spiro atoms. The first kappa shape index (κ1) is 17.3. The van der Waals surface area contributed by atoms with Crippen molar-refractivity contribution in [3.63, 3.8) is 0 Å². The first-order valence-electron chi connectivity index (χ1n) is 8.57. The summed E-state index contributed by atoms with van der Waals surface area (Å²) in [6.45, 7) is 0.234. The van der Waals surface area contributed by atoms with Crippen LogP contribution in [0.2, 0.25) is 0 Å². The van der Waals surface area contributed by atoms with Crippen LogP contribution in [0.15, 0.2) is 29.2 Å². The Morgan fingerprint density at radius 2 is 2.12 bits per heavy atom. The van der Waals surface area contributed by atoms with Crippen molar-refractivity contribution in [3.8, 4) is 0 Å². The van der Waals surface area contributed by atoms with Crippen molar-refractivity contribution in [1.29, 1.82) is 0 Å². The number of likely N-dealkylation sites (tertiary alicyclic amines) is 1. The van der Waals surface area contributed by atoms with E-state index in [9.17, 15) is 9.59 Å². The molecule has 6 heteroatoms. The second kappa shape index (κ2) is 7.57. The molecule has 1 saturated carbocycles. The molecule has 0 bridgehead atoms. The zero-order valence-corrected chi connectivity index (χ0v) is 14.8. The van der Waals surface area contributed by atoms with E-state index in [4.69, 9.17) is 5.73 Å². The van der Waals surface area contributed by atoms with Crippen molar-refractivity contribution < 1.29 is 9.59 Å². The molecule has 1 aliphatic carbocycles. The molecule has 1 heterocycles. The Morgan fingerprint density at radius 1 is 1.33 bits per heavy atom. The quantitative estimate of drug-likeness (QED) is 0.802. The molecule has 1 saturated heterocycles. The van der Waals surface area contributed by atoms with Crippen molar-refractivity contribution >= 4 is 29.3 Å². The van der Waals surface area contributed by atoms with E-state index in [-0.39, 0.29) is 24.4 Å². The number of benzene rings is 1. The van der Waals surface area contributed by atoms with Crippen LogP contribution in [0.25, 0.3) is 0 Å². The summed E-state index contributed by atoms with van der Waals surface area (Å²) in [6, 6.07) is 7.80. The summed E-state index contributed by atoms with van der Waals surface area (Å²) in [5.74, 6) is 0.121. The van der Waals surface area contributed by atoms with E-state index in [2.05, 4.69) is 5.32 Å². The van der Waals surface area contributed by atoms with Crippen molar-refractivity contribution in [3.05, 3.63) is 24.3 Å². The van der Waals surface area contributed by atoms with E-state index in [0.717, 1.165) is 29.8 Å². The number of carbonyl (C=O) groups is 2. The van der Waals surface area contributed by atoms with Gasteiger partial charge < -0.3 is 11.1 Å². The Hall–Kier alpha value is -1.53. The maximum atomic E-state index is 12.5. The lowest BCUT2D eigenvalue weighted by molar-refractivity contribution is -0.124. The van der Waals surface area contributed by atoms with Gasteiger partial charge in [-0.15, -0.1) is 11.8 Å². The van der Waals surface area contributed by atoms with Gasteiger partial charge in [0.1, 0.15) is 0 Å². The molecule has 0 unspecified atom stereocenters. The molecule has 1 aromatic rings. The highest BCUT2D eigenvalue weighted by molar-refractivity contribution is 7.98. The van der Waals surface area contributed by atoms with Gasteiger partial charge in [0.15, 0.2) is 0 Å². The number of rotatable bonds is 5. The van der Waals surface area contributed by atoms with Crippen molar-refractivity contribution in [2.75, 3.05) is 18.1 Å². The Labute approximate surface area is 147 Å². The topological polar surface area (TPSA) is 75.4 Å². The molecule has 3 atom stereocenters. The van der Waals surface area contributed by atoms with E-state index < -0.39 is 0 Å². The summed E-state index contributed by atoms with van der Waals surface area (Å²) in [5, 5.41) is 2.95. The summed E-state index contributed by atoms with van der Waals surface area (Å²) in [5.41, 5.74) is 6.39. The van der Waals surface area contributed by atoms with E-state index in [1.54, 1.807) is 11.8 Å². The number of carbonyl (C=O) groups excluding carboxylic acids is 2. The van der Waals surface area contributed by atoms with Crippen LogP contribution in [0.4, 0.5) is 5.69 Å². The molecule has 5 nitrogen and oxygen atoms in total. The number of thioether (sulfide) groups is 1. The number of hydrogen-bond acceptors (Lipinski definition) is 4. The molecule has 2 amide bonds. The zero-order chi connectivity index (χ0) is 17.1. The highest BCUT2D eigenvalue weighted by Crippen LogP contribution is 2.39. The predicted molar refractivity (Wildman–Crippen MR) is 96.9 cm³/mol. The van der Waals surface area contributed by atoms with Crippen molar-refractivity contribution in [1.82, 2.24) is 4.90 Å². The largest absolute Gasteiger partial charge is 0.368 e. The van der Waals surface area contributed by atoms with Gasteiger partial charge in [0.25, 0.3) is 0 Å². The maximum absolute atomic E-state index is 12.5. The summed E-state index contributed by atoms with van der Waals surface area (Å²) in [7, 11) is 0. The molecule has 2 aliphatic rings. The Morgan fingerprint density at radius 3 is 2.88 bits per heavy atom. The highest BCUT2D eigenvalue weighted by Gasteiger charge is 2.44.